The summed E-state index contributed by atoms with van der Waals surface area (Å²) in [6, 6.07) is 10.2. The van der Waals surface area contributed by atoms with Gasteiger partial charge in [0.25, 0.3) is 0 Å². The monoisotopic (exact) mass is 185 g/mol. The Morgan fingerprint density at radius 2 is 1.93 bits per heavy atom. The molecule has 1 aromatic carbocycles. The molecule has 14 heavy (non-hydrogen) atoms. The summed E-state index contributed by atoms with van der Waals surface area (Å²) in [5.41, 5.74) is 5.55. The molecule has 0 bridgehead atoms. The van der Waals surface area contributed by atoms with Gasteiger partial charge in [-0.2, -0.15) is 0 Å². The van der Waals surface area contributed by atoms with Crippen LogP contribution in [0.3, 0.4) is 0 Å². The van der Waals surface area contributed by atoms with Crippen molar-refractivity contribution in [3.05, 3.63) is 41.6 Å². The summed E-state index contributed by atoms with van der Waals surface area (Å²) < 4.78 is 7.87. The zero-order valence-electron chi connectivity index (χ0n) is 8.24. The van der Waals surface area contributed by atoms with Crippen molar-refractivity contribution in [2.45, 2.75) is 13.8 Å². The lowest BCUT2D eigenvalue weighted by Crippen LogP contribution is -1.83. The lowest BCUT2D eigenvalue weighted by Gasteiger charge is -1.93. The molecule has 0 N–H and O–H groups in total. The minimum Gasteiger partial charge on any atom is -0.438 e. The van der Waals surface area contributed by atoms with E-state index < -0.39 is 0 Å². The number of nitrogens with zero attached hydrogens (tertiary/aromatic N) is 1. The van der Waals surface area contributed by atoms with E-state index in [4.69, 9.17) is 4.42 Å². The predicted octanol–water partition coefficient (Wildman–Crippen LogP) is 3.30. The third-order valence-electron chi connectivity index (χ3n) is 2.79. The predicted molar refractivity (Wildman–Crippen MR) is 56.6 cm³/mol. The van der Waals surface area contributed by atoms with Crippen molar-refractivity contribution < 1.29 is 4.42 Å². The summed E-state index contributed by atoms with van der Waals surface area (Å²) in [6.07, 6.45) is 0. The number of oxazole rings is 1. The van der Waals surface area contributed by atoms with Crippen LogP contribution < -0.4 is 0 Å². The Balaban J connectivity index is 2.62. The summed E-state index contributed by atoms with van der Waals surface area (Å²) in [5, 5.41) is 0. The summed E-state index contributed by atoms with van der Waals surface area (Å²) in [7, 11) is 0. The molecule has 0 aliphatic heterocycles. The van der Waals surface area contributed by atoms with Gasteiger partial charge >= 0.3 is 0 Å². The standard InChI is InChI=1S/C12H11NO/c1-8-7-12-13(9(8)2)10-5-3-4-6-11(10)14-12/h3-7H,1-2H3. The Labute approximate surface area is 81.8 Å². The van der Waals surface area contributed by atoms with E-state index in [0.717, 1.165) is 16.8 Å². The van der Waals surface area contributed by atoms with Gasteiger partial charge in [0.1, 0.15) is 0 Å². The highest BCUT2D eigenvalue weighted by molar-refractivity contribution is 5.78. The first kappa shape index (κ1) is 7.68. The molecule has 3 aromatic rings. The van der Waals surface area contributed by atoms with E-state index >= 15 is 0 Å². The molecule has 2 aromatic heterocycles. The molecular formula is C12H11NO. The van der Waals surface area contributed by atoms with E-state index in [-0.39, 0.29) is 0 Å². The number of aryl methyl sites for hydroxylation is 2. The molecule has 0 saturated carbocycles. The van der Waals surface area contributed by atoms with Crippen LogP contribution in [-0.2, 0) is 0 Å². The van der Waals surface area contributed by atoms with E-state index in [1.807, 2.05) is 18.2 Å². The Morgan fingerprint density at radius 3 is 2.79 bits per heavy atom. The number of aromatic nitrogens is 1. The first-order valence-electron chi connectivity index (χ1n) is 4.73. The van der Waals surface area contributed by atoms with Gasteiger partial charge in [-0.05, 0) is 31.5 Å². The maximum atomic E-state index is 5.72. The van der Waals surface area contributed by atoms with Gasteiger partial charge in [-0.1, -0.05) is 12.1 Å². The maximum absolute atomic E-state index is 5.72. The molecule has 2 nitrogen and oxygen atoms in total. The van der Waals surface area contributed by atoms with Gasteiger partial charge in [-0.25, -0.2) is 0 Å². The van der Waals surface area contributed by atoms with Crippen molar-refractivity contribution in [1.82, 2.24) is 4.40 Å². The molecule has 0 aliphatic rings. The molecule has 70 valence electrons. The van der Waals surface area contributed by atoms with Crippen LogP contribution >= 0.6 is 0 Å². The quantitative estimate of drug-likeness (QED) is 0.525. The van der Waals surface area contributed by atoms with Crippen LogP contribution in [-0.4, -0.2) is 4.40 Å². The topological polar surface area (TPSA) is 17.6 Å². The normalized spacial score (nSPS) is 11.6. The number of fused-ring (bicyclic) bond motifs is 3. The van der Waals surface area contributed by atoms with Gasteiger partial charge < -0.3 is 4.42 Å². The van der Waals surface area contributed by atoms with Crippen LogP contribution in [0.1, 0.15) is 11.3 Å². The van der Waals surface area contributed by atoms with E-state index in [1.165, 1.54) is 11.3 Å². The van der Waals surface area contributed by atoms with Crippen LogP contribution in [0.4, 0.5) is 0 Å². The van der Waals surface area contributed by atoms with Gasteiger partial charge in [0.05, 0.1) is 5.52 Å². The molecule has 0 radical (unpaired) electrons. The number of hydrogen-bond acceptors (Lipinski definition) is 1. The second-order valence-corrected chi connectivity index (χ2v) is 3.66. The molecule has 0 amide bonds. The minimum absolute atomic E-state index is 0.932. The summed E-state index contributed by atoms with van der Waals surface area (Å²) in [4.78, 5) is 0. The Hall–Kier alpha value is -1.70. The van der Waals surface area contributed by atoms with Gasteiger partial charge in [0.2, 0.25) is 5.71 Å². The molecule has 2 heteroatoms. The molecule has 0 fully saturated rings. The van der Waals surface area contributed by atoms with Crippen molar-refractivity contribution in [3.63, 3.8) is 0 Å². The van der Waals surface area contributed by atoms with Gasteiger partial charge in [-0.3, -0.25) is 4.40 Å². The lowest BCUT2D eigenvalue weighted by molar-refractivity contribution is 0.655. The van der Waals surface area contributed by atoms with Crippen molar-refractivity contribution in [1.29, 1.82) is 0 Å². The third-order valence-corrected chi connectivity index (χ3v) is 2.79. The van der Waals surface area contributed by atoms with E-state index in [2.05, 4.69) is 30.4 Å². The minimum atomic E-state index is 0.932. The van der Waals surface area contributed by atoms with Crippen molar-refractivity contribution >= 4 is 16.8 Å². The summed E-state index contributed by atoms with van der Waals surface area (Å²) in [5.74, 6) is 0. The zero-order chi connectivity index (χ0) is 9.71. The molecular weight excluding hydrogens is 174 g/mol. The summed E-state index contributed by atoms with van der Waals surface area (Å²) in [6.45, 7) is 4.22. The maximum Gasteiger partial charge on any atom is 0.205 e. The zero-order valence-corrected chi connectivity index (χ0v) is 8.24. The van der Waals surface area contributed by atoms with Crippen LogP contribution in [0.25, 0.3) is 16.8 Å². The largest absolute Gasteiger partial charge is 0.438 e. The van der Waals surface area contributed by atoms with E-state index in [0.29, 0.717) is 0 Å². The SMILES string of the molecule is Cc1cc2oc3ccccc3n2c1C. The molecule has 3 rings (SSSR count). The van der Waals surface area contributed by atoms with E-state index in [9.17, 15) is 0 Å². The number of benzene rings is 1. The van der Waals surface area contributed by atoms with Gasteiger partial charge in [0, 0.05) is 11.8 Å². The average Bonchev–Trinajstić information content (AvgIpc) is 2.65. The van der Waals surface area contributed by atoms with Crippen LogP contribution in [0.2, 0.25) is 0 Å². The van der Waals surface area contributed by atoms with Crippen molar-refractivity contribution in [3.8, 4) is 0 Å². The van der Waals surface area contributed by atoms with Crippen LogP contribution in [0, 0.1) is 13.8 Å². The van der Waals surface area contributed by atoms with E-state index in [1.54, 1.807) is 0 Å². The fourth-order valence-electron chi connectivity index (χ4n) is 1.91. The lowest BCUT2D eigenvalue weighted by atomic mass is 10.3. The summed E-state index contributed by atoms with van der Waals surface area (Å²) >= 11 is 0. The van der Waals surface area contributed by atoms with Gasteiger partial charge in [0.15, 0.2) is 5.58 Å². The second-order valence-electron chi connectivity index (χ2n) is 3.66. The molecule has 0 unspecified atom stereocenters. The van der Waals surface area contributed by atoms with Crippen molar-refractivity contribution in [2.24, 2.45) is 0 Å². The fourth-order valence-corrected chi connectivity index (χ4v) is 1.91. The molecule has 0 spiro atoms. The van der Waals surface area contributed by atoms with Crippen LogP contribution in [0.15, 0.2) is 34.7 Å². The molecule has 0 saturated heterocycles. The first-order chi connectivity index (χ1) is 6.77. The van der Waals surface area contributed by atoms with Gasteiger partial charge in [-0.15, -0.1) is 0 Å². The second kappa shape index (κ2) is 2.41. The van der Waals surface area contributed by atoms with Crippen molar-refractivity contribution in [2.75, 3.05) is 0 Å². The number of rotatable bonds is 0. The average molecular weight is 185 g/mol. The molecule has 0 atom stereocenters. The molecule has 0 aliphatic carbocycles. The highest BCUT2D eigenvalue weighted by Gasteiger charge is 2.09. The highest BCUT2D eigenvalue weighted by Crippen LogP contribution is 2.24. The third kappa shape index (κ3) is 0.803. The smallest absolute Gasteiger partial charge is 0.205 e. The fraction of sp³-hybridized carbons (Fsp3) is 0.167. The Morgan fingerprint density at radius 1 is 1.14 bits per heavy atom. The first-order valence-corrected chi connectivity index (χ1v) is 4.73. The Bertz CT molecular complexity index is 616. The number of hydrogen-bond donors (Lipinski definition) is 0. The Kier molecular flexibility index (Phi) is 1.32. The van der Waals surface area contributed by atoms with Crippen LogP contribution in [0.5, 0.6) is 0 Å². The number of para-hydroxylation sites is 2. The highest BCUT2D eigenvalue weighted by atomic mass is 16.3. The molecule has 2 heterocycles.